The Labute approximate surface area is 84.4 Å². The van der Waals surface area contributed by atoms with Crippen LogP contribution < -0.4 is 4.74 Å². The number of hydrogen-bond donors (Lipinski definition) is 0. The molecule has 0 heterocycles. The van der Waals surface area contributed by atoms with E-state index in [1.165, 1.54) is 0 Å². The lowest BCUT2D eigenvalue weighted by atomic mass is 10.2. The zero-order valence-electron chi connectivity index (χ0n) is 7.31. The molecule has 0 N–H and O–H groups in total. The molecule has 76 valence electrons. The Morgan fingerprint density at radius 3 is 2.71 bits per heavy atom. The molecule has 0 saturated heterocycles. The van der Waals surface area contributed by atoms with Crippen molar-refractivity contribution in [2.75, 3.05) is 6.61 Å². The van der Waals surface area contributed by atoms with E-state index in [2.05, 4.69) is 0 Å². The third kappa shape index (κ3) is 1.85. The summed E-state index contributed by atoms with van der Waals surface area (Å²) in [5.41, 5.74) is -0.489. The maximum Gasteiger partial charge on any atom is 0.173 e. The highest BCUT2D eigenvalue weighted by atomic mass is 35.5. The summed E-state index contributed by atoms with van der Waals surface area (Å²) in [5.74, 6) is -2.53. The van der Waals surface area contributed by atoms with Crippen LogP contribution in [-0.2, 0) is 0 Å². The van der Waals surface area contributed by atoms with E-state index in [9.17, 15) is 13.6 Å². The summed E-state index contributed by atoms with van der Waals surface area (Å²) in [4.78, 5) is 10.5. The van der Waals surface area contributed by atoms with Gasteiger partial charge in [-0.1, -0.05) is 11.6 Å². The molecule has 0 atom stereocenters. The number of rotatable bonds is 3. The van der Waals surface area contributed by atoms with Crippen molar-refractivity contribution in [3.05, 3.63) is 28.3 Å². The fourth-order valence-corrected chi connectivity index (χ4v) is 1.25. The van der Waals surface area contributed by atoms with Crippen LogP contribution in [0.15, 0.2) is 6.07 Å². The van der Waals surface area contributed by atoms with Crippen LogP contribution in [-0.4, -0.2) is 12.9 Å². The molecule has 0 unspecified atom stereocenters. The van der Waals surface area contributed by atoms with Crippen LogP contribution in [0.4, 0.5) is 8.78 Å². The fourth-order valence-electron chi connectivity index (χ4n) is 0.993. The summed E-state index contributed by atoms with van der Waals surface area (Å²) in [7, 11) is 0. The summed E-state index contributed by atoms with van der Waals surface area (Å²) < 4.78 is 30.7. The Morgan fingerprint density at radius 2 is 2.21 bits per heavy atom. The predicted octanol–water partition coefficient (Wildman–Crippen LogP) is 2.83. The van der Waals surface area contributed by atoms with Gasteiger partial charge in [-0.25, -0.2) is 8.78 Å². The van der Waals surface area contributed by atoms with Gasteiger partial charge >= 0.3 is 0 Å². The van der Waals surface area contributed by atoms with Crippen molar-refractivity contribution in [3.63, 3.8) is 0 Å². The van der Waals surface area contributed by atoms with E-state index >= 15 is 0 Å². The van der Waals surface area contributed by atoms with Gasteiger partial charge in [0.2, 0.25) is 0 Å². The van der Waals surface area contributed by atoms with Gasteiger partial charge in [0.1, 0.15) is 0 Å². The van der Waals surface area contributed by atoms with E-state index in [1.807, 2.05) is 0 Å². The van der Waals surface area contributed by atoms with Gasteiger partial charge in [0.25, 0.3) is 0 Å². The summed E-state index contributed by atoms with van der Waals surface area (Å²) in [6.07, 6.45) is 0.176. The number of hydrogen-bond acceptors (Lipinski definition) is 2. The first kappa shape index (κ1) is 10.9. The molecule has 0 fully saturated rings. The van der Waals surface area contributed by atoms with E-state index in [4.69, 9.17) is 16.3 Å². The molecule has 5 heteroatoms. The minimum atomic E-state index is -1.24. The molecule has 0 aromatic heterocycles. The summed E-state index contributed by atoms with van der Waals surface area (Å²) in [5, 5.41) is -0.118. The molecule has 0 amide bonds. The predicted molar refractivity (Wildman–Crippen MR) is 47.9 cm³/mol. The maximum absolute atomic E-state index is 13.0. The van der Waals surface area contributed by atoms with Gasteiger partial charge in [0.15, 0.2) is 23.7 Å². The molecular formula is C9H7ClF2O2. The molecule has 1 aromatic carbocycles. The van der Waals surface area contributed by atoms with Crippen LogP contribution in [0.3, 0.4) is 0 Å². The highest BCUT2D eigenvalue weighted by molar-refractivity contribution is 6.32. The van der Waals surface area contributed by atoms with Gasteiger partial charge in [-0.2, -0.15) is 0 Å². The highest BCUT2D eigenvalue weighted by Gasteiger charge is 2.17. The van der Waals surface area contributed by atoms with Crippen molar-refractivity contribution < 1.29 is 18.3 Å². The smallest absolute Gasteiger partial charge is 0.173 e. The van der Waals surface area contributed by atoms with Crippen molar-refractivity contribution in [2.45, 2.75) is 6.92 Å². The second-order valence-corrected chi connectivity index (χ2v) is 2.86. The number of benzene rings is 1. The van der Waals surface area contributed by atoms with Crippen molar-refractivity contribution in [1.82, 2.24) is 0 Å². The molecule has 0 radical (unpaired) electrons. The highest BCUT2D eigenvalue weighted by Crippen LogP contribution is 2.31. The van der Waals surface area contributed by atoms with Gasteiger partial charge in [0, 0.05) is 0 Å². The third-order valence-corrected chi connectivity index (χ3v) is 1.85. The first-order valence-corrected chi connectivity index (χ1v) is 4.25. The number of carbonyl (C=O) groups is 1. The number of aldehydes is 1. The summed E-state index contributed by atoms with van der Waals surface area (Å²) in [6.45, 7) is 1.86. The van der Waals surface area contributed by atoms with Crippen LogP contribution in [0.5, 0.6) is 5.75 Å². The largest absolute Gasteiger partial charge is 0.491 e. The summed E-state index contributed by atoms with van der Waals surface area (Å²) in [6, 6.07) is 0.773. The Bertz CT molecular complexity index is 366. The lowest BCUT2D eigenvalue weighted by molar-refractivity contribution is 0.111. The third-order valence-electron chi connectivity index (χ3n) is 1.57. The van der Waals surface area contributed by atoms with E-state index in [0.717, 1.165) is 6.07 Å². The average Bonchev–Trinajstić information content (AvgIpc) is 2.15. The molecule has 0 aliphatic carbocycles. The molecule has 2 nitrogen and oxygen atoms in total. The molecular weight excluding hydrogens is 214 g/mol. The van der Waals surface area contributed by atoms with Gasteiger partial charge in [-0.15, -0.1) is 0 Å². The van der Waals surface area contributed by atoms with Crippen molar-refractivity contribution in [2.24, 2.45) is 0 Å². The molecule has 0 aliphatic heterocycles. The summed E-state index contributed by atoms with van der Waals surface area (Å²) >= 11 is 5.57. The number of ether oxygens (including phenoxy) is 1. The molecule has 1 rings (SSSR count). The Hall–Kier alpha value is -1.16. The zero-order valence-corrected chi connectivity index (χ0v) is 8.07. The second kappa shape index (κ2) is 4.37. The monoisotopic (exact) mass is 220 g/mol. The minimum Gasteiger partial charge on any atom is -0.491 e. The van der Waals surface area contributed by atoms with E-state index in [0.29, 0.717) is 0 Å². The molecule has 0 spiro atoms. The normalized spacial score (nSPS) is 10.0. The number of halogens is 3. The van der Waals surface area contributed by atoms with Crippen LogP contribution in [0.2, 0.25) is 5.02 Å². The topological polar surface area (TPSA) is 26.3 Å². The van der Waals surface area contributed by atoms with Crippen LogP contribution in [0.1, 0.15) is 17.3 Å². The first-order valence-electron chi connectivity index (χ1n) is 3.87. The maximum atomic E-state index is 13.0. The molecule has 0 saturated carbocycles. The molecule has 14 heavy (non-hydrogen) atoms. The second-order valence-electron chi connectivity index (χ2n) is 2.45. The van der Waals surface area contributed by atoms with Crippen LogP contribution >= 0.6 is 11.6 Å². The molecule has 0 bridgehead atoms. The van der Waals surface area contributed by atoms with Gasteiger partial charge in [0.05, 0.1) is 17.2 Å². The van der Waals surface area contributed by atoms with Crippen molar-refractivity contribution in [3.8, 4) is 5.75 Å². The SMILES string of the molecule is CCOc1c(Cl)cc(F)c(F)c1C=O. The van der Waals surface area contributed by atoms with E-state index < -0.39 is 17.2 Å². The zero-order chi connectivity index (χ0) is 10.7. The Balaban J connectivity index is 3.38. The van der Waals surface area contributed by atoms with Gasteiger partial charge in [-0.05, 0) is 13.0 Å². The molecule has 1 aromatic rings. The van der Waals surface area contributed by atoms with Crippen molar-refractivity contribution >= 4 is 17.9 Å². The van der Waals surface area contributed by atoms with E-state index in [-0.39, 0.29) is 23.7 Å². The van der Waals surface area contributed by atoms with Crippen molar-refractivity contribution in [1.29, 1.82) is 0 Å². The Morgan fingerprint density at radius 1 is 1.57 bits per heavy atom. The average molecular weight is 221 g/mol. The number of carbonyl (C=O) groups excluding carboxylic acids is 1. The fraction of sp³-hybridized carbons (Fsp3) is 0.222. The quantitative estimate of drug-likeness (QED) is 0.578. The standard InChI is InChI=1S/C9H7ClF2O2/c1-2-14-9-5(4-13)8(12)7(11)3-6(9)10/h3-4H,2H2,1H3. The minimum absolute atomic E-state index is 0.118. The van der Waals surface area contributed by atoms with Crippen LogP contribution in [0.25, 0.3) is 0 Å². The molecule has 0 aliphatic rings. The lowest BCUT2D eigenvalue weighted by Gasteiger charge is -2.09. The van der Waals surface area contributed by atoms with Gasteiger partial charge in [-0.3, -0.25) is 4.79 Å². The van der Waals surface area contributed by atoms with Gasteiger partial charge < -0.3 is 4.74 Å². The van der Waals surface area contributed by atoms with E-state index in [1.54, 1.807) is 6.92 Å². The van der Waals surface area contributed by atoms with Crippen LogP contribution in [0, 0.1) is 11.6 Å². The lowest BCUT2D eigenvalue weighted by Crippen LogP contribution is -2.01. The Kier molecular flexibility index (Phi) is 3.41. The first-order chi connectivity index (χ1) is 6.61.